The Bertz CT molecular complexity index is 1590. The highest BCUT2D eigenvalue weighted by Gasteiger charge is 2.42. The van der Waals surface area contributed by atoms with Crippen LogP contribution < -0.4 is 10.7 Å². The first-order valence-corrected chi connectivity index (χ1v) is 14.8. The molecular formula is C29H34ClN7O3. The first-order valence-electron chi connectivity index (χ1n) is 14.4. The van der Waals surface area contributed by atoms with E-state index in [0.717, 1.165) is 54.3 Å². The number of rotatable bonds is 5. The van der Waals surface area contributed by atoms with E-state index in [2.05, 4.69) is 38.4 Å². The predicted molar refractivity (Wildman–Crippen MR) is 152 cm³/mol. The molecule has 2 saturated carbocycles. The van der Waals surface area contributed by atoms with Gasteiger partial charge in [-0.1, -0.05) is 36.5 Å². The van der Waals surface area contributed by atoms with E-state index in [1.54, 1.807) is 12.4 Å². The van der Waals surface area contributed by atoms with Gasteiger partial charge in [-0.15, -0.1) is 0 Å². The number of hydrogen-bond donors (Lipinski definition) is 1. The van der Waals surface area contributed by atoms with Gasteiger partial charge in [-0.2, -0.15) is 0 Å². The van der Waals surface area contributed by atoms with Gasteiger partial charge in [0.1, 0.15) is 5.69 Å². The molecule has 1 aliphatic heterocycles. The van der Waals surface area contributed by atoms with Gasteiger partial charge in [0.25, 0.3) is 0 Å². The van der Waals surface area contributed by atoms with Gasteiger partial charge < -0.3 is 14.2 Å². The smallest absolute Gasteiger partial charge is 0.374 e. The number of nitrogens with zero attached hydrogens (tertiary/aromatic N) is 6. The Morgan fingerprint density at radius 2 is 1.93 bits per heavy atom. The standard InChI is InChI=1S/C29H34ClN7O3/c1-16-6-8-18(9-7-16)14-36-26-21(33-28(36)37-17(2)15-39-24-5-3-4-23(24)37)11-22(27-34-29(38)40-35-27)32-25(26)19-10-20(30)13-31-12-19/h10-13,16-18,23-24H,3-9,14-15H2,1-2H3,(H,34,35,38)/t16?,17?,18?,23-,24-/m1/s1. The molecule has 3 atom stereocenters. The number of ether oxygens (including phenoxy) is 1. The molecule has 1 N–H and O–H groups in total. The highest BCUT2D eigenvalue weighted by atomic mass is 35.5. The minimum Gasteiger partial charge on any atom is -0.374 e. The van der Waals surface area contributed by atoms with E-state index in [0.29, 0.717) is 35.0 Å². The van der Waals surface area contributed by atoms with E-state index in [4.69, 9.17) is 30.8 Å². The molecule has 0 bridgehead atoms. The third-order valence-electron chi connectivity index (χ3n) is 8.97. The Hall–Kier alpha value is -3.24. The zero-order valence-corrected chi connectivity index (χ0v) is 23.6. The van der Waals surface area contributed by atoms with Crippen LogP contribution in [0.4, 0.5) is 5.95 Å². The summed E-state index contributed by atoms with van der Waals surface area (Å²) in [4.78, 5) is 31.6. The van der Waals surface area contributed by atoms with E-state index in [-0.39, 0.29) is 18.0 Å². The molecule has 40 heavy (non-hydrogen) atoms. The van der Waals surface area contributed by atoms with Crippen LogP contribution >= 0.6 is 11.6 Å². The average Bonchev–Trinajstić information content (AvgIpc) is 3.68. The summed E-state index contributed by atoms with van der Waals surface area (Å²) in [5, 5.41) is 4.44. The van der Waals surface area contributed by atoms with Crippen molar-refractivity contribution in [2.75, 3.05) is 11.5 Å². The minimum atomic E-state index is -0.630. The molecule has 10 nitrogen and oxygen atoms in total. The second kappa shape index (κ2) is 10.3. The summed E-state index contributed by atoms with van der Waals surface area (Å²) in [6, 6.07) is 4.25. The molecule has 11 heteroatoms. The molecule has 210 valence electrons. The summed E-state index contributed by atoms with van der Waals surface area (Å²) in [5.74, 6) is 1.92. The van der Waals surface area contributed by atoms with Crippen LogP contribution in [0.25, 0.3) is 33.8 Å². The van der Waals surface area contributed by atoms with E-state index in [1.165, 1.54) is 25.7 Å². The van der Waals surface area contributed by atoms with Crippen LogP contribution in [0.3, 0.4) is 0 Å². The summed E-state index contributed by atoms with van der Waals surface area (Å²) in [5.41, 5.74) is 3.70. The van der Waals surface area contributed by atoms with Crippen LogP contribution in [0, 0.1) is 11.8 Å². The van der Waals surface area contributed by atoms with Gasteiger partial charge in [0.15, 0.2) is 0 Å². The number of aromatic amines is 1. The number of morpholine rings is 1. The third-order valence-corrected chi connectivity index (χ3v) is 9.18. The number of imidazole rings is 1. The van der Waals surface area contributed by atoms with Crippen LogP contribution in [0.5, 0.6) is 0 Å². The predicted octanol–water partition coefficient (Wildman–Crippen LogP) is 5.46. The van der Waals surface area contributed by atoms with Gasteiger partial charge in [-0.05, 0) is 63.0 Å². The van der Waals surface area contributed by atoms with Crippen molar-refractivity contribution < 1.29 is 9.26 Å². The first-order chi connectivity index (χ1) is 19.4. The topological polar surface area (TPSA) is 115 Å². The molecule has 5 heterocycles. The zero-order valence-electron chi connectivity index (χ0n) is 22.8. The van der Waals surface area contributed by atoms with Crippen molar-refractivity contribution >= 4 is 28.6 Å². The number of nitrogens with one attached hydrogen (secondary N) is 1. The monoisotopic (exact) mass is 563 g/mol. The third kappa shape index (κ3) is 4.60. The largest absolute Gasteiger partial charge is 0.439 e. The molecule has 7 rings (SSSR count). The molecule has 3 fully saturated rings. The summed E-state index contributed by atoms with van der Waals surface area (Å²) < 4.78 is 13.5. The van der Waals surface area contributed by atoms with E-state index in [1.807, 2.05) is 12.1 Å². The lowest BCUT2D eigenvalue weighted by Gasteiger charge is -2.43. The maximum Gasteiger partial charge on any atom is 0.439 e. The van der Waals surface area contributed by atoms with Crippen molar-refractivity contribution in [1.29, 1.82) is 0 Å². The number of hydrogen-bond acceptors (Lipinski definition) is 8. The van der Waals surface area contributed by atoms with Gasteiger partial charge in [0.05, 0.1) is 46.5 Å². The number of pyridine rings is 2. The maximum absolute atomic E-state index is 11.8. The van der Waals surface area contributed by atoms with Crippen LogP contribution in [-0.4, -0.2) is 54.5 Å². The van der Waals surface area contributed by atoms with Crippen molar-refractivity contribution in [2.45, 2.75) is 83.5 Å². The van der Waals surface area contributed by atoms with Crippen molar-refractivity contribution in [1.82, 2.24) is 29.7 Å². The minimum absolute atomic E-state index is 0.192. The molecule has 2 aliphatic carbocycles. The summed E-state index contributed by atoms with van der Waals surface area (Å²) in [6.07, 6.45) is 11.8. The molecular weight excluding hydrogens is 530 g/mol. The Morgan fingerprint density at radius 3 is 2.70 bits per heavy atom. The lowest BCUT2D eigenvalue weighted by Crippen LogP contribution is -2.54. The number of fused-ring (bicyclic) bond motifs is 2. The van der Waals surface area contributed by atoms with Gasteiger partial charge in [0.2, 0.25) is 11.8 Å². The fourth-order valence-electron chi connectivity index (χ4n) is 6.92. The molecule has 0 aromatic carbocycles. The lowest BCUT2D eigenvalue weighted by atomic mass is 9.83. The fraction of sp³-hybridized carbons (Fsp3) is 0.552. The Balaban J connectivity index is 1.46. The average molecular weight is 564 g/mol. The van der Waals surface area contributed by atoms with Crippen molar-refractivity contribution in [3.63, 3.8) is 0 Å². The first kappa shape index (κ1) is 25.7. The van der Waals surface area contributed by atoms with Crippen molar-refractivity contribution in [2.24, 2.45) is 11.8 Å². The lowest BCUT2D eigenvalue weighted by molar-refractivity contribution is 0.00642. The van der Waals surface area contributed by atoms with Gasteiger partial charge >= 0.3 is 5.76 Å². The normalized spacial score (nSPS) is 26.9. The van der Waals surface area contributed by atoms with Crippen molar-refractivity contribution in [3.05, 3.63) is 40.1 Å². The molecule has 1 saturated heterocycles. The van der Waals surface area contributed by atoms with E-state index >= 15 is 0 Å². The molecule has 0 spiro atoms. The van der Waals surface area contributed by atoms with Crippen LogP contribution in [-0.2, 0) is 11.3 Å². The second-order valence-corrected chi connectivity index (χ2v) is 12.3. The number of H-pyrrole nitrogens is 1. The van der Waals surface area contributed by atoms with Crippen LogP contribution in [0.15, 0.2) is 33.8 Å². The van der Waals surface area contributed by atoms with Gasteiger partial charge in [-0.3, -0.25) is 14.5 Å². The highest BCUT2D eigenvalue weighted by molar-refractivity contribution is 6.30. The molecule has 4 aromatic heterocycles. The highest BCUT2D eigenvalue weighted by Crippen LogP contribution is 2.41. The quantitative estimate of drug-likeness (QED) is 0.340. The molecule has 1 unspecified atom stereocenters. The zero-order chi connectivity index (χ0) is 27.4. The second-order valence-electron chi connectivity index (χ2n) is 11.8. The fourth-order valence-corrected chi connectivity index (χ4v) is 7.10. The molecule has 4 aromatic rings. The summed E-state index contributed by atoms with van der Waals surface area (Å²) in [7, 11) is 0. The summed E-state index contributed by atoms with van der Waals surface area (Å²) >= 11 is 6.41. The molecule has 0 amide bonds. The SMILES string of the molecule is CC1CCC(Cn2c(N3C(C)CO[C@@H]4CCC[C@H]43)nc3cc(-c4noc(=O)[nH]4)nc(-c4cncc(Cl)c4)c32)CC1. The van der Waals surface area contributed by atoms with Crippen molar-refractivity contribution in [3.8, 4) is 22.8 Å². The van der Waals surface area contributed by atoms with E-state index < -0.39 is 5.76 Å². The molecule has 3 aliphatic rings. The van der Waals surface area contributed by atoms with E-state index in [9.17, 15) is 4.79 Å². The Kier molecular flexibility index (Phi) is 6.62. The number of halogens is 1. The number of aromatic nitrogens is 6. The maximum atomic E-state index is 11.8. The molecule has 0 radical (unpaired) electrons. The number of anilines is 1. The Morgan fingerprint density at radius 1 is 1.07 bits per heavy atom. The summed E-state index contributed by atoms with van der Waals surface area (Å²) in [6.45, 7) is 6.13. The van der Waals surface area contributed by atoms with Gasteiger partial charge in [0, 0.05) is 24.5 Å². The van der Waals surface area contributed by atoms with Crippen LogP contribution in [0.1, 0.15) is 58.8 Å². The van der Waals surface area contributed by atoms with Crippen LogP contribution in [0.2, 0.25) is 5.02 Å². The Labute approximate surface area is 237 Å². The van der Waals surface area contributed by atoms with Gasteiger partial charge in [-0.25, -0.2) is 14.8 Å².